The zero-order valence-electron chi connectivity index (χ0n) is 20.8. The van der Waals surface area contributed by atoms with Gasteiger partial charge in [0.2, 0.25) is 0 Å². The lowest BCUT2D eigenvalue weighted by Crippen LogP contribution is -2.25. The van der Waals surface area contributed by atoms with Crippen LogP contribution in [0.15, 0.2) is 48.5 Å². The topological polar surface area (TPSA) is 82.1 Å². The van der Waals surface area contributed by atoms with Crippen LogP contribution in [0.3, 0.4) is 0 Å². The van der Waals surface area contributed by atoms with E-state index < -0.39 is 17.5 Å². The lowest BCUT2D eigenvalue weighted by Gasteiger charge is -2.24. The Hall–Kier alpha value is -3.12. The number of hydrogen-bond acceptors (Lipinski definition) is 6. The molecule has 1 N–H and O–H groups in total. The Kier molecular flexibility index (Phi) is 10.3. The molecule has 0 heterocycles. The third kappa shape index (κ3) is 7.19. The van der Waals surface area contributed by atoms with Gasteiger partial charge in [-0.05, 0) is 73.1 Å². The molecule has 2 aromatic rings. The van der Waals surface area contributed by atoms with E-state index in [1.807, 2.05) is 26.0 Å². The van der Waals surface area contributed by atoms with Crippen molar-refractivity contribution in [1.29, 1.82) is 0 Å². The molecule has 0 aliphatic rings. The van der Waals surface area contributed by atoms with Crippen LogP contribution in [-0.4, -0.2) is 36.9 Å². The van der Waals surface area contributed by atoms with Crippen molar-refractivity contribution in [3.63, 3.8) is 0 Å². The standard InChI is InChI=1S/C28H36O6/c1-6-21(13-10-16-28(31,7-2)8-3)22-12-9-11-20(17-22)19-34-23-14-15-24(26(29)32-4)25(18-23)27(30)33-5/h9,11-15,17-18,31H,6-8,10,16,19H2,1-5H3. The number of carbonyl (C=O) groups is 2. The summed E-state index contributed by atoms with van der Waals surface area (Å²) in [7, 11) is 2.51. The zero-order chi connectivity index (χ0) is 25.1. The maximum absolute atomic E-state index is 12.1. The van der Waals surface area contributed by atoms with Gasteiger partial charge in [0, 0.05) is 0 Å². The minimum Gasteiger partial charge on any atom is -0.489 e. The SMILES string of the molecule is CCC(=CCCC(O)(CC)CC)c1cccc(COc2ccc(C(=O)OC)c(C(=O)OC)c2)c1. The van der Waals surface area contributed by atoms with Gasteiger partial charge in [0.05, 0.1) is 30.9 Å². The van der Waals surface area contributed by atoms with E-state index in [1.54, 1.807) is 6.07 Å². The van der Waals surface area contributed by atoms with Gasteiger partial charge in [0.25, 0.3) is 0 Å². The largest absolute Gasteiger partial charge is 0.489 e. The summed E-state index contributed by atoms with van der Waals surface area (Å²) in [6, 6.07) is 12.7. The molecule has 0 atom stereocenters. The zero-order valence-corrected chi connectivity index (χ0v) is 20.8. The number of benzene rings is 2. The maximum atomic E-state index is 12.1. The fourth-order valence-corrected chi connectivity index (χ4v) is 3.79. The Morgan fingerprint density at radius 3 is 2.24 bits per heavy atom. The van der Waals surface area contributed by atoms with Gasteiger partial charge in [-0.3, -0.25) is 0 Å². The van der Waals surface area contributed by atoms with E-state index >= 15 is 0 Å². The molecule has 0 unspecified atom stereocenters. The fourth-order valence-electron chi connectivity index (χ4n) is 3.79. The smallest absolute Gasteiger partial charge is 0.338 e. The Morgan fingerprint density at radius 2 is 1.62 bits per heavy atom. The number of ether oxygens (including phenoxy) is 3. The Balaban J connectivity index is 2.15. The van der Waals surface area contributed by atoms with Crippen LogP contribution in [0.2, 0.25) is 0 Å². The molecular formula is C28H36O6. The van der Waals surface area contributed by atoms with E-state index in [9.17, 15) is 14.7 Å². The number of hydrogen-bond donors (Lipinski definition) is 1. The molecule has 0 radical (unpaired) electrons. The summed E-state index contributed by atoms with van der Waals surface area (Å²) in [4.78, 5) is 24.1. The number of rotatable bonds is 12. The van der Waals surface area contributed by atoms with Crippen molar-refractivity contribution in [2.24, 2.45) is 0 Å². The van der Waals surface area contributed by atoms with Crippen LogP contribution in [0.4, 0.5) is 0 Å². The lowest BCUT2D eigenvalue weighted by atomic mass is 9.90. The normalized spacial score (nSPS) is 11.8. The summed E-state index contributed by atoms with van der Waals surface area (Å²) < 4.78 is 15.4. The summed E-state index contributed by atoms with van der Waals surface area (Å²) in [5, 5.41) is 10.5. The number of allylic oxidation sites excluding steroid dienone is 2. The molecular weight excluding hydrogens is 432 g/mol. The predicted molar refractivity (Wildman–Crippen MR) is 133 cm³/mol. The minimum absolute atomic E-state index is 0.0934. The second kappa shape index (κ2) is 12.9. The first kappa shape index (κ1) is 27.1. The van der Waals surface area contributed by atoms with E-state index in [1.165, 1.54) is 31.9 Å². The van der Waals surface area contributed by atoms with Gasteiger partial charge in [-0.1, -0.05) is 45.0 Å². The molecule has 2 rings (SSSR count). The third-order valence-electron chi connectivity index (χ3n) is 6.20. The molecule has 0 saturated carbocycles. The van der Waals surface area contributed by atoms with E-state index in [0.29, 0.717) is 12.4 Å². The van der Waals surface area contributed by atoms with Crippen LogP contribution >= 0.6 is 0 Å². The molecule has 6 nitrogen and oxygen atoms in total. The first-order valence-corrected chi connectivity index (χ1v) is 11.7. The molecule has 0 aliphatic heterocycles. The highest BCUT2D eigenvalue weighted by Crippen LogP contribution is 2.26. The predicted octanol–water partition coefficient (Wildman–Crippen LogP) is 5.96. The van der Waals surface area contributed by atoms with E-state index in [2.05, 4.69) is 25.1 Å². The van der Waals surface area contributed by atoms with Crippen molar-refractivity contribution < 1.29 is 28.9 Å². The Labute approximate surface area is 202 Å². The molecule has 34 heavy (non-hydrogen) atoms. The summed E-state index contributed by atoms with van der Waals surface area (Å²) in [5.41, 5.74) is 2.95. The van der Waals surface area contributed by atoms with Crippen molar-refractivity contribution >= 4 is 17.5 Å². The van der Waals surface area contributed by atoms with E-state index in [0.717, 1.165) is 43.2 Å². The van der Waals surface area contributed by atoms with Gasteiger partial charge in [0.1, 0.15) is 12.4 Å². The first-order chi connectivity index (χ1) is 16.3. The van der Waals surface area contributed by atoms with E-state index in [4.69, 9.17) is 14.2 Å². The number of methoxy groups -OCH3 is 2. The Morgan fingerprint density at radius 1 is 0.941 bits per heavy atom. The highest BCUT2D eigenvalue weighted by Gasteiger charge is 2.21. The molecule has 0 fully saturated rings. The maximum Gasteiger partial charge on any atom is 0.338 e. The quantitative estimate of drug-likeness (QED) is 0.387. The fraction of sp³-hybridized carbons (Fsp3) is 0.429. The summed E-state index contributed by atoms with van der Waals surface area (Å²) in [6.45, 7) is 6.47. The molecule has 0 spiro atoms. The first-order valence-electron chi connectivity index (χ1n) is 11.7. The molecule has 0 aliphatic carbocycles. The van der Waals surface area contributed by atoms with Crippen molar-refractivity contribution in [3.05, 3.63) is 70.8 Å². The van der Waals surface area contributed by atoms with Crippen molar-refractivity contribution in [2.75, 3.05) is 14.2 Å². The number of aliphatic hydroxyl groups is 1. The van der Waals surface area contributed by atoms with Crippen LogP contribution < -0.4 is 4.74 Å². The highest BCUT2D eigenvalue weighted by molar-refractivity contribution is 6.03. The molecule has 184 valence electrons. The average Bonchev–Trinajstić information content (AvgIpc) is 2.88. The van der Waals surface area contributed by atoms with Crippen LogP contribution in [0.5, 0.6) is 5.75 Å². The van der Waals surface area contributed by atoms with Gasteiger partial charge in [-0.15, -0.1) is 0 Å². The summed E-state index contributed by atoms with van der Waals surface area (Å²) in [6.07, 6.45) is 6.18. The minimum atomic E-state index is -0.636. The molecule has 0 bridgehead atoms. The molecule has 0 saturated heterocycles. The lowest BCUT2D eigenvalue weighted by molar-refractivity contribution is 0.0246. The number of esters is 2. The van der Waals surface area contributed by atoms with Crippen LogP contribution in [0.25, 0.3) is 5.57 Å². The molecule has 0 aromatic heterocycles. The Bertz CT molecular complexity index is 1000. The molecule has 6 heteroatoms. The van der Waals surface area contributed by atoms with Crippen LogP contribution in [0, 0.1) is 0 Å². The van der Waals surface area contributed by atoms with Crippen molar-refractivity contribution in [3.8, 4) is 5.75 Å². The monoisotopic (exact) mass is 468 g/mol. The number of carbonyl (C=O) groups excluding carboxylic acids is 2. The van der Waals surface area contributed by atoms with Crippen LogP contribution in [-0.2, 0) is 16.1 Å². The summed E-state index contributed by atoms with van der Waals surface area (Å²) >= 11 is 0. The molecule has 2 aromatic carbocycles. The van der Waals surface area contributed by atoms with Gasteiger partial charge in [-0.25, -0.2) is 9.59 Å². The van der Waals surface area contributed by atoms with Gasteiger partial charge in [-0.2, -0.15) is 0 Å². The second-order valence-corrected chi connectivity index (χ2v) is 8.23. The van der Waals surface area contributed by atoms with Crippen LogP contribution in [0.1, 0.15) is 84.7 Å². The average molecular weight is 469 g/mol. The van der Waals surface area contributed by atoms with Gasteiger partial charge < -0.3 is 19.3 Å². The van der Waals surface area contributed by atoms with Crippen molar-refractivity contribution in [2.45, 2.75) is 65.1 Å². The van der Waals surface area contributed by atoms with Crippen molar-refractivity contribution in [1.82, 2.24) is 0 Å². The van der Waals surface area contributed by atoms with Gasteiger partial charge >= 0.3 is 11.9 Å². The summed E-state index contributed by atoms with van der Waals surface area (Å²) in [5.74, 6) is -0.804. The molecule has 0 amide bonds. The third-order valence-corrected chi connectivity index (χ3v) is 6.20. The van der Waals surface area contributed by atoms with E-state index in [-0.39, 0.29) is 11.1 Å². The van der Waals surface area contributed by atoms with Gasteiger partial charge in [0.15, 0.2) is 0 Å². The second-order valence-electron chi connectivity index (χ2n) is 8.23. The highest BCUT2D eigenvalue weighted by atomic mass is 16.5.